The van der Waals surface area contributed by atoms with Crippen LogP contribution in [0.4, 0.5) is 0 Å². The average Bonchev–Trinajstić information content (AvgIpc) is 2.36. The van der Waals surface area contributed by atoms with Crippen LogP contribution in [0.2, 0.25) is 0 Å². The molecule has 0 fully saturated rings. The molecule has 1 atom stereocenters. The second kappa shape index (κ2) is 7.48. The number of carbonyl (C=O) groups is 2. The van der Waals surface area contributed by atoms with Crippen molar-refractivity contribution in [1.29, 1.82) is 0 Å². The largest absolute Gasteiger partial charge is 0.354 e. The van der Waals surface area contributed by atoms with Crippen molar-refractivity contribution in [3.63, 3.8) is 0 Å². The SMILES string of the molecule is CCCNC(=O)C(Cc1ccccc1)NC(C)=O. The van der Waals surface area contributed by atoms with Gasteiger partial charge in [-0.1, -0.05) is 37.3 Å². The molecule has 0 aliphatic rings. The van der Waals surface area contributed by atoms with Crippen molar-refractivity contribution in [1.82, 2.24) is 10.6 Å². The van der Waals surface area contributed by atoms with Crippen LogP contribution < -0.4 is 10.6 Å². The van der Waals surface area contributed by atoms with Gasteiger partial charge in [0.1, 0.15) is 6.04 Å². The predicted octanol–water partition coefficient (Wildman–Crippen LogP) is 1.26. The fraction of sp³-hybridized carbons (Fsp3) is 0.429. The van der Waals surface area contributed by atoms with E-state index in [4.69, 9.17) is 0 Å². The Hall–Kier alpha value is -1.84. The third kappa shape index (κ3) is 4.99. The highest BCUT2D eigenvalue weighted by molar-refractivity contribution is 5.87. The lowest BCUT2D eigenvalue weighted by Crippen LogP contribution is -2.47. The fourth-order valence-electron chi connectivity index (χ4n) is 1.68. The molecule has 0 aliphatic carbocycles. The van der Waals surface area contributed by atoms with Crippen molar-refractivity contribution >= 4 is 11.8 Å². The standard InChI is InChI=1S/C14H20N2O2/c1-3-9-15-14(18)13(16-11(2)17)10-12-7-5-4-6-8-12/h4-8,13H,3,9-10H2,1-2H3,(H,15,18)(H,16,17). The van der Waals surface area contributed by atoms with Crippen molar-refractivity contribution in [2.24, 2.45) is 0 Å². The summed E-state index contributed by atoms with van der Waals surface area (Å²) in [4.78, 5) is 23.0. The molecule has 0 spiro atoms. The van der Waals surface area contributed by atoms with E-state index < -0.39 is 6.04 Å². The van der Waals surface area contributed by atoms with Crippen LogP contribution in [-0.2, 0) is 16.0 Å². The van der Waals surface area contributed by atoms with Crippen molar-refractivity contribution < 1.29 is 9.59 Å². The van der Waals surface area contributed by atoms with Gasteiger partial charge in [-0.3, -0.25) is 9.59 Å². The number of carbonyl (C=O) groups excluding carboxylic acids is 2. The normalized spacial score (nSPS) is 11.7. The molecule has 1 rings (SSSR count). The number of amides is 2. The summed E-state index contributed by atoms with van der Waals surface area (Å²) in [7, 11) is 0. The van der Waals surface area contributed by atoms with E-state index in [0.29, 0.717) is 13.0 Å². The zero-order chi connectivity index (χ0) is 13.4. The van der Waals surface area contributed by atoms with Gasteiger partial charge < -0.3 is 10.6 Å². The maximum absolute atomic E-state index is 11.9. The second-order valence-electron chi connectivity index (χ2n) is 4.23. The van der Waals surface area contributed by atoms with Crippen LogP contribution in [0.5, 0.6) is 0 Å². The first-order valence-electron chi connectivity index (χ1n) is 6.22. The van der Waals surface area contributed by atoms with Crippen LogP contribution in [0.25, 0.3) is 0 Å². The van der Waals surface area contributed by atoms with E-state index in [1.807, 2.05) is 37.3 Å². The van der Waals surface area contributed by atoms with Crippen molar-refractivity contribution in [2.45, 2.75) is 32.7 Å². The Bertz CT molecular complexity index is 390. The molecule has 0 radical (unpaired) electrons. The summed E-state index contributed by atoms with van der Waals surface area (Å²) in [6.45, 7) is 4.04. The van der Waals surface area contributed by atoms with E-state index in [2.05, 4.69) is 10.6 Å². The second-order valence-corrected chi connectivity index (χ2v) is 4.23. The first-order chi connectivity index (χ1) is 8.63. The first kappa shape index (κ1) is 14.2. The average molecular weight is 248 g/mol. The zero-order valence-electron chi connectivity index (χ0n) is 10.9. The molecule has 0 heterocycles. The minimum absolute atomic E-state index is 0.129. The van der Waals surface area contributed by atoms with Gasteiger partial charge in [0.15, 0.2) is 0 Å². The van der Waals surface area contributed by atoms with E-state index in [1.54, 1.807) is 0 Å². The Morgan fingerprint density at radius 2 is 1.89 bits per heavy atom. The van der Waals surface area contributed by atoms with E-state index in [-0.39, 0.29) is 11.8 Å². The Morgan fingerprint density at radius 3 is 2.44 bits per heavy atom. The lowest BCUT2D eigenvalue weighted by Gasteiger charge is -2.17. The lowest BCUT2D eigenvalue weighted by molar-refractivity contribution is -0.128. The Balaban J connectivity index is 2.66. The maximum Gasteiger partial charge on any atom is 0.242 e. The summed E-state index contributed by atoms with van der Waals surface area (Å²) in [5.41, 5.74) is 1.03. The van der Waals surface area contributed by atoms with Crippen LogP contribution >= 0.6 is 0 Å². The molecule has 0 bridgehead atoms. The third-order valence-corrected chi connectivity index (χ3v) is 2.53. The molecule has 0 aliphatic heterocycles. The Labute approximate surface area is 108 Å². The smallest absolute Gasteiger partial charge is 0.242 e. The lowest BCUT2D eigenvalue weighted by atomic mass is 10.1. The van der Waals surface area contributed by atoms with E-state index in [0.717, 1.165) is 12.0 Å². The number of rotatable bonds is 6. The molecule has 1 unspecified atom stereocenters. The van der Waals surface area contributed by atoms with Crippen molar-refractivity contribution in [3.8, 4) is 0 Å². The molecule has 0 saturated carbocycles. The molecule has 1 aromatic rings. The van der Waals surface area contributed by atoms with Crippen LogP contribution in [0.3, 0.4) is 0 Å². The monoisotopic (exact) mass is 248 g/mol. The highest BCUT2D eigenvalue weighted by atomic mass is 16.2. The number of hydrogen-bond acceptors (Lipinski definition) is 2. The number of nitrogens with one attached hydrogen (secondary N) is 2. The minimum atomic E-state index is -0.503. The summed E-state index contributed by atoms with van der Waals surface area (Å²) in [5.74, 6) is -0.321. The molecule has 98 valence electrons. The molecule has 0 aromatic heterocycles. The zero-order valence-corrected chi connectivity index (χ0v) is 10.9. The van der Waals surface area contributed by atoms with Crippen LogP contribution in [0.15, 0.2) is 30.3 Å². The summed E-state index contributed by atoms with van der Waals surface area (Å²) in [6, 6.07) is 9.16. The Morgan fingerprint density at radius 1 is 1.22 bits per heavy atom. The first-order valence-corrected chi connectivity index (χ1v) is 6.22. The van der Waals surface area contributed by atoms with E-state index in [9.17, 15) is 9.59 Å². The maximum atomic E-state index is 11.9. The summed E-state index contributed by atoms with van der Waals surface area (Å²) < 4.78 is 0. The molecule has 1 aromatic carbocycles. The summed E-state index contributed by atoms with van der Waals surface area (Å²) in [6.07, 6.45) is 1.39. The van der Waals surface area contributed by atoms with Gasteiger partial charge in [0.05, 0.1) is 0 Å². The molecule has 4 heteroatoms. The van der Waals surface area contributed by atoms with Crippen molar-refractivity contribution in [3.05, 3.63) is 35.9 Å². The van der Waals surface area contributed by atoms with Crippen LogP contribution in [0, 0.1) is 0 Å². The van der Waals surface area contributed by atoms with Gasteiger partial charge >= 0.3 is 0 Å². The molecule has 2 N–H and O–H groups in total. The van der Waals surface area contributed by atoms with Crippen LogP contribution in [-0.4, -0.2) is 24.4 Å². The van der Waals surface area contributed by atoms with E-state index in [1.165, 1.54) is 6.92 Å². The van der Waals surface area contributed by atoms with Gasteiger partial charge in [-0.25, -0.2) is 0 Å². The molecular formula is C14H20N2O2. The quantitative estimate of drug-likeness (QED) is 0.796. The number of benzene rings is 1. The highest BCUT2D eigenvalue weighted by Crippen LogP contribution is 2.03. The minimum Gasteiger partial charge on any atom is -0.354 e. The van der Waals surface area contributed by atoms with Gasteiger partial charge in [-0.05, 0) is 12.0 Å². The van der Waals surface area contributed by atoms with Gasteiger partial charge in [-0.15, -0.1) is 0 Å². The third-order valence-electron chi connectivity index (χ3n) is 2.53. The highest BCUT2D eigenvalue weighted by Gasteiger charge is 2.19. The molecule has 2 amide bonds. The van der Waals surface area contributed by atoms with Gasteiger partial charge in [-0.2, -0.15) is 0 Å². The van der Waals surface area contributed by atoms with Gasteiger partial charge in [0.25, 0.3) is 0 Å². The van der Waals surface area contributed by atoms with Crippen molar-refractivity contribution in [2.75, 3.05) is 6.54 Å². The molecule has 18 heavy (non-hydrogen) atoms. The van der Waals surface area contributed by atoms with Gasteiger partial charge in [0.2, 0.25) is 11.8 Å². The molecule has 4 nitrogen and oxygen atoms in total. The van der Waals surface area contributed by atoms with Crippen LogP contribution in [0.1, 0.15) is 25.8 Å². The number of hydrogen-bond donors (Lipinski definition) is 2. The van der Waals surface area contributed by atoms with Gasteiger partial charge in [0, 0.05) is 19.9 Å². The summed E-state index contributed by atoms with van der Waals surface area (Å²) >= 11 is 0. The molecule has 0 saturated heterocycles. The summed E-state index contributed by atoms with van der Waals surface area (Å²) in [5, 5.41) is 5.49. The fourth-order valence-corrected chi connectivity index (χ4v) is 1.68. The predicted molar refractivity (Wildman–Crippen MR) is 71.1 cm³/mol. The Kier molecular flexibility index (Phi) is 5.91. The topological polar surface area (TPSA) is 58.2 Å². The molecular weight excluding hydrogens is 228 g/mol. The van der Waals surface area contributed by atoms with E-state index >= 15 is 0 Å².